The molecule has 2 rings (SSSR count). The Bertz CT molecular complexity index is 666. The zero-order chi connectivity index (χ0) is 15.2. The van der Waals surface area contributed by atoms with E-state index >= 15 is 0 Å². The fourth-order valence-electron chi connectivity index (χ4n) is 1.68. The number of carbonyl (C=O) groups excluding carboxylic acids is 1. The van der Waals surface area contributed by atoms with E-state index in [0.717, 1.165) is 11.4 Å². The van der Waals surface area contributed by atoms with Crippen LogP contribution in [0.15, 0.2) is 54.7 Å². The Kier molecular flexibility index (Phi) is 5.26. The lowest BCUT2D eigenvalue weighted by molar-refractivity contribution is 0.104. The molecular weight excluding hydrogens is 309 g/mol. The second-order valence-electron chi connectivity index (χ2n) is 4.19. The van der Waals surface area contributed by atoms with Crippen LogP contribution < -0.4 is 10.1 Å². The Morgan fingerprint density at radius 3 is 2.48 bits per heavy atom. The molecule has 21 heavy (non-hydrogen) atoms. The predicted molar refractivity (Wildman–Crippen MR) is 86.5 cm³/mol. The zero-order valence-corrected chi connectivity index (χ0v) is 12.8. The number of allylic oxidation sites excluding steroid dienone is 1. The molecule has 0 fully saturated rings. The summed E-state index contributed by atoms with van der Waals surface area (Å²) in [5.74, 6) is 0.575. The Labute approximate surface area is 133 Å². The number of halogens is 2. The van der Waals surface area contributed by atoms with Gasteiger partial charge in [-0.1, -0.05) is 23.2 Å². The Hall–Kier alpha value is -1.97. The smallest absolute Gasteiger partial charge is 0.188 e. The molecule has 0 aliphatic rings. The quantitative estimate of drug-likeness (QED) is 0.634. The Morgan fingerprint density at radius 1 is 1.14 bits per heavy atom. The molecule has 2 aromatic rings. The van der Waals surface area contributed by atoms with Gasteiger partial charge in [0.2, 0.25) is 0 Å². The summed E-state index contributed by atoms with van der Waals surface area (Å²) in [6, 6.07) is 12.1. The second kappa shape index (κ2) is 7.16. The Balaban J connectivity index is 2.01. The van der Waals surface area contributed by atoms with Gasteiger partial charge in [0, 0.05) is 28.5 Å². The van der Waals surface area contributed by atoms with Crippen molar-refractivity contribution in [2.45, 2.75) is 0 Å². The third-order valence-electron chi connectivity index (χ3n) is 2.77. The summed E-state index contributed by atoms with van der Waals surface area (Å²) in [6.07, 6.45) is 2.98. The molecule has 0 aromatic heterocycles. The molecule has 0 atom stereocenters. The van der Waals surface area contributed by atoms with Gasteiger partial charge in [0.25, 0.3) is 0 Å². The van der Waals surface area contributed by atoms with Crippen molar-refractivity contribution in [1.82, 2.24) is 0 Å². The standard InChI is InChI=1S/C16H13Cl2NO2/c1-21-13-5-3-12(4-6-13)19-9-8-16(20)14-7-2-11(17)10-15(14)18/h2-10,19H,1H3/b9-8+. The number of anilines is 1. The molecule has 0 radical (unpaired) electrons. The summed E-state index contributed by atoms with van der Waals surface area (Å²) in [5.41, 5.74) is 1.26. The molecule has 0 saturated carbocycles. The van der Waals surface area contributed by atoms with Crippen molar-refractivity contribution >= 4 is 34.7 Å². The molecule has 0 heterocycles. The van der Waals surface area contributed by atoms with E-state index in [0.29, 0.717) is 15.6 Å². The fourth-order valence-corrected chi connectivity index (χ4v) is 2.18. The van der Waals surface area contributed by atoms with Crippen molar-refractivity contribution in [3.8, 4) is 5.75 Å². The molecular formula is C16H13Cl2NO2. The molecule has 5 heteroatoms. The highest BCUT2D eigenvalue weighted by molar-refractivity contribution is 6.37. The number of hydrogen-bond acceptors (Lipinski definition) is 3. The third-order valence-corrected chi connectivity index (χ3v) is 3.32. The second-order valence-corrected chi connectivity index (χ2v) is 5.04. The summed E-state index contributed by atoms with van der Waals surface area (Å²) in [7, 11) is 1.61. The van der Waals surface area contributed by atoms with Crippen LogP contribution in [0.2, 0.25) is 10.0 Å². The van der Waals surface area contributed by atoms with Gasteiger partial charge in [-0.15, -0.1) is 0 Å². The molecule has 0 amide bonds. The van der Waals surface area contributed by atoms with Crippen LogP contribution in [0.4, 0.5) is 5.69 Å². The van der Waals surface area contributed by atoms with Gasteiger partial charge in [-0.05, 0) is 42.5 Å². The maximum absolute atomic E-state index is 12.0. The lowest BCUT2D eigenvalue weighted by Crippen LogP contribution is -1.97. The van der Waals surface area contributed by atoms with E-state index in [4.69, 9.17) is 27.9 Å². The summed E-state index contributed by atoms with van der Waals surface area (Å²) in [5, 5.41) is 3.83. The normalized spacial score (nSPS) is 10.6. The average molecular weight is 322 g/mol. The zero-order valence-electron chi connectivity index (χ0n) is 11.3. The first-order valence-corrected chi connectivity index (χ1v) is 6.92. The average Bonchev–Trinajstić information content (AvgIpc) is 2.47. The van der Waals surface area contributed by atoms with Crippen molar-refractivity contribution in [3.63, 3.8) is 0 Å². The van der Waals surface area contributed by atoms with Crippen LogP contribution in [-0.2, 0) is 0 Å². The first-order valence-electron chi connectivity index (χ1n) is 6.16. The van der Waals surface area contributed by atoms with Crippen LogP contribution in [-0.4, -0.2) is 12.9 Å². The number of rotatable bonds is 5. The van der Waals surface area contributed by atoms with Gasteiger partial charge in [0.15, 0.2) is 5.78 Å². The first kappa shape index (κ1) is 15.4. The number of methoxy groups -OCH3 is 1. The minimum Gasteiger partial charge on any atom is -0.497 e. The predicted octanol–water partition coefficient (Wildman–Crippen LogP) is 4.81. The van der Waals surface area contributed by atoms with E-state index < -0.39 is 0 Å². The number of hydrogen-bond donors (Lipinski definition) is 1. The van der Waals surface area contributed by atoms with Crippen LogP contribution in [0.1, 0.15) is 10.4 Å². The molecule has 0 aliphatic carbocycles. The van der Waals surface area contributed by atoms with Crippen LogP contribution in [0.5, 0.6) is 5.75 Å². The molecule has 2 aromatic carbocycles. The molecule has 0 saturated heterocycles. The van der Waals surface area contributed by atoms with Gasteiger partial charge < -0.3 is 10.1 Å². The summed E-state index contributed by atoms with van der Waals surface area (Å²) in [6.45, 7) is 0. The molecule has 3 nitrogen and oxygen atoms in total. The number of carbonyl (C=O) groups is 1. The van der Waals surface area contributed by atoms with E-state index in [2.05, 4.69) is 5.32 Å². The van der Waals surface area contributed by atoms with E-state index in [-0.39, 0.29) is 5.78 Å². The summed E-state index contributed by atoms with van der Waals surface area (Å²) in [4.78, 5) is 12.0. The molecule has 0 aliphatic heterocycles. The van der Waals surface area contributed by atoms with Crippen LogP contribution >= 0.6 is 23.2 Å². The van der Waals surface area contributed by atoms with Crippen LogP contribution in [0.3, 0.4) is 0 Å². The molecule has 0 bridgehead atoms. The number of ether oxygens (including phenoxy) is 1. The van der Waals surface area contributed by atoms with E-state index in [1.54, 1.807) is 31.5 Å². The van der Waals surface area contributed by atoms with Gasteiger partial charge in [0.05, 0.1) is 12.1 Å². The van der Waals surface area contributed by atoms with Gasteiger partial charge >= 0.3 is 0 Å². The van der Waals surface area contributed by atoms with E-state index in [1.807, 2.05) is 24.3 Å². The largest absolute Gasteiger partial charge is 0.497 e. The fraction of sp³-hybridized carbons (Fsp3) is 0.0625. The maximum Gasteiger partial charge on any atom is 0.188 e. The number of benzene rings is 2. The highest BCUT2D eigenvalue weighted by Crippen LogP contribution is 2.21. The topological polar surface area (TPSA) is 38.3 Å². The summed E-state index contributed by atoms with van der Waals surface area (Å²) < 4.78 is 5.07. The maximum atomic E-state index is 12.0. The van der Waals surface area contributed by atoms with Crippen LogP contribution in [0, 0.1) is 0 Å². The third kappa shape index (κ3) is 4.25. The van der Waals surface area contributed by atoms with Crippen molar-refractivity contribution in [1.29, 1.82) is 0 Å². The van der Waals surface area contributed by atoms with Crippen LogP contribution in [0.25, 0.3) is 0 Å². The van der Waals surface area contributed by atoms with Crippen molar-refractivity contribution in [3.05, 3.63) is 70.3 Å². The van der Waals surface area contributed by atoms with Gasteiger partial charge in [-0.2, -0.15) is 0 Å². The minimum atomic E-state index is -0.197. The van der Waals surface area contributed by atoms with Crippen molar-refractivity contribution < 1.29 is 9.53 Å². The molecule has 1 N–H and O–H groups in total. The van der Waals surface area contributed by atoms with Crippen molar-refractivity contribution in [2.24, 2.45) is 0 Å². The van der Waals surface area contributed by atoms with Crippen molar-refractivity contribution in [2.75, 3.05) is 12.4 Å². The van der Waals surface area contributed by atoms with Gasteiger partial charge in [-0.25, -0.2) is 0 Å². The van der Waals surface area contributed by atoms with Gasteiger partial charge in [-0.3, -0.25) is 4.79 Å². The van der Waals surface area contributed by atoms with Gasteiger partial charge in [0.1, 0.15) is 5.75 Å². The molecule has 108 valence electrons. The van der Waals surface area contributed by atoms with E-state index in [1.165, 1.54) is 6.08 Å². The summed E-state index contributed by atoms with van der Waals surface area (Å²) >= 11 is 11.8. The minimum absolute atomic E-state index is 0.197. The lowest BCUT2D eigenvalue weighted by Gasteiger charge is -2.03. The lowest BCUT2D eigenvalue weighted by atomic mass is 10.1. The highest BCUT2D eigenvalue weighted by atomic mass is 35.5. The van der Waals surface area contributed by atoms with E-state index in [9.17, 15) is 4.79 Å². The molecule has 0 unspecified atom stereocenters. The highest BCUT2D eigenvalue weighted by Gasteiger charge is 2.07. The molecule has 0 spiro atoms. The first-order chi connectivity index (χ1) is 10.1. The number of ketones is 1. The monoisotopic (exact) mass is 321 g/mol. The Morgan fingerprint density at radius 2 is 1.86 bits per heavy atom. The number of nitrogens with one attached hydrogen (secondary N) is 1. The SMILES string of the molecule is COc1ccc(N/C=C/C(=O)c2ccc(Cl)cc2Cl)cc1.